The van der Waals surface area contributed by atoms with Crippen molar-refractivity contribution in [1.29, 1.82) is 0 Å². The second-order valence-corrected chi connectivity index (χ2v) is 5.92. The number of rotatable bonds is 3. The van der Waals surface area contributed by atoms with Crippen LogP contribution in [-0.2, 0) is 4.74 Å². The molecule has 3 rings (SSSR count). The highest BCUT2D eigenvalue weighted by atomic mass is 16.5. The van der Waals surface area contributed by atoms with Crippen molar-refractivity contribution in [2.24, 2.45) is 0 Å². The molecule has 5 heteroatoms. The number of likely N-dealkylation sites (N-methyl/N-ethyl adjacent to an activating group) is 1. The Bertz CT molecular complexity index is 629. The van der Waals surface area contributed by atoms with Crippen molar-refractivity contribution in [3.63, 3.8) is 0 Å². The summed E-state index contributed by atoms with van der Waals surface area (Å²) in [6.07, 6.45) is 1.88. The lowest BCUT2D eigenvalue weighted by atomic mass is 10.1. The molecule has 1 fully saturated rings. The molecular formula is C16H22N4O. The summed E-state index contributed by atoms with van der Waals surface area (Å²) in [5.74, 6) is 1.02. The van der Waals surface area contributed by atoms with Crippen LogP contribution >= 0.6 is 0 Å². The third kappa shape index (κ3) is 3.14. The van der Waals surface area contributed by atoms with Gasteiger partial charge in [0.05, 0.1) is 18.2 Å². The molecule has 1 aromatic carbocycles. The number of fused-ring (bicyclic) bond motifs is 1. The van der Waals surface area contributed by atoms with E-state index in [1.54, 1.807) is 6.33 Å². The third-order valence-corrected chi connectivity index (χ3v) is 3.78. The first-order valence-corrected chi connectivity index (χ1v) is 7.36. The maximum absolute atomic E-state index is 5.85. The quantitative estimate of drug-likeness (QED) is 0.859. The number of benzene rings is 1. The minimum atomic E-state index is 0.226. The van der Waals surface area contributed by atoms with Crippen molar-refractivity contribution in [3.8, 4) is 0 Å². The standard InChI is InChI=1S/C16H22N4O/c1-12-4-5-15-14(8-12)16(18-11-17-15)20-6-7-21-13(10-20)9-19(2)3/h4-5,8,11,13H,6-7,9-10H2,1-3H3. The van der Waals surface area contributed by atoms with Crippen LogP contribution in [0, 0.1) is 6.92 Å². The molecule has 1 aliphatic heterocycles. The summed E-state index contributed by atoms with van der Waals surface area (Å²) in [6, 6.07) is 6.32. The summed E-state index contributed by atoms with van der Waals surface area (Å²) in [4.78, 5) is 13.4. The van der Waals surface area contributed by atoms with Crippen LogP contribution in [-0.4, -0.2) is 61.3 Å². The summed E-state index contributed by atoms with van der Waals surface area (Å²) in [7, 11) is 4.15. The largest absolute Gasteiger partial charge is 0.373 e. The minimum absolute atomic E-state index is 0.226. The molecule has 0 saturated carbocycles. The average molecular weight is 286 g/mol. The fourth-order valence-electron chi connectivity index (χ4n) is 2.84. The molecule has 21 heavy (non-hydrogen) atoms. The number of aromatic nitrogens is 2. The molecule has 1 atom stereocenters. The van der Waals surface area contributed by atoms with Crippen LogP contribution in [0.1, 0.15) is 5.56 Å². The van der Waals surface area contributed by atoms with Gasteiger partial charge in [-0.25, -0.2) is 9.97 Å². The van der Waals surface area contributed by atoms with Gasteiger partial charge in [-0.3, -0.25) is 0 Å². The Morgan fingerprint density at radius 2 is 2.19 bits per heavy atom. The van der Waals surface area contributed by atoms with Gasteiger partial charge in [0, 0.05) is 25.0 Å². The van der Waals surface area contributed by atoms with Crippen LogP contribution in [0.2, 0.25) is 0 Å². The number of morpholine rings is 1. The highest BCUT2D eigenvalue weighted by Gasteiger charge is 2.23. The average Bonchev–Trinajstić information content (AvgIpc) is 2.46. The predicted molar refractivity (Wildman–Crippen MR) is 84.8 cm³/mol. The number of aryl methyl sites for hydroxylation is 1. The second kappa shape index (κ2) is 5.95. The Kier molecular flexibility index (Phi) is 4.03. The Morgan fingerprint density at radius 1 is 1.33 bits per heavy atom. The van der Waals surface area contributed by atoms with E-state index in [4.69, 9.17) is 4.74 Å². The number of anilines is 1. The zero-order valence-corrected chi connectivity index (χ0v) is 12.9. The van der Waals surface area contributed by atoms with Gasteiger partial charge in [0.15, 0.2) is 0 Å². The van der Waals surface area contributed by atoms with Crippen LogP contribution in [0.4, 0.5) is 5.82 Å². The van der Waals surface area contributed by atoms with Gasteiger partial charge >= 0.3 is 0 Å². The van der Waals surface area contributed by atoms with Gasteiger partial charge in [0.2, 0.25) is 0 Å². The minimum Gasteiger partial charge on any atom is -0.373 e. The van der Waals surface area contributed by atoms with Gasteiger partial charge in [-0.05, 0) is 33.2 Å². The fraction of sp³-hybridized carbons (Fsp3) is 0.500. The summed E-state index contributed by atoms with van der Waals surface area (Å²) >= 11 is 0. The van der Waals surface area contributed by atoms with E-state index in [1.165, 1.54) is 5.56 Å². The second-order valence-electron chi connectivity index (χ2n) is 5.92. The summed E-state index contributed by atoms with van der Waals surface area (Å²) in [5, 5.41) is 1.13. The van der Waals surface area contributed by atoms with E-state index in [1.807, 2.05) is 0 Å². The van der Waals surface area contributed by atoms with Gasteiger partial charge in [-0.1, -0.05) is 11.6 Å². The summed E-state index contributed by atoms with van der Waals surface area (Å²) < 4.78 is 5.85. The van der Waals surface area contributed by atoms with E-state index < -0.39 is 0 Å². The zero-order chi connectivity index (χ0) is 14.8. The van der Waals surface area contributed by atoms with E-state index in [0.717, 1.165) is 43.0 Å². The maximum Gasteiger partial charge on any atom is 0.140 e. The van der Waals surface area contributed by atoms with Crippen LogP contribution < -0.4 is 4.90 Å². The highest BCUT2D eigenvalue weighted by Crippen LogP contribution is 2.25. The first-order valence-electron chi connectivity index (χ1n) is 7.36. The number of ether oxygens (including phenoxy) is 1. The lowest BCUT2D eigenvalue weighted by Crippen LogP contribution is -2.46. The van der Waals surface area contributed by atoms with Crippen LogP contribution in [0.15, 0.2) is 24.5 Å². The topological polar surface area (TPSA) is 41.5 Å². The molecule has 0 bridgehead atoms. The fourth-order valence-corrected chi connectivity index (χ4v) is 2.84. The van der Waals surface area contributed by atoms with Gasteiger partial charge in [-0.15, -0.1) is 0 Å². The maximum atomic E-state index is 5.85. The molecule has 0 amide bonds. The molecule has 1 unspecified atom stereocenters. The van der Waals surface area contributed by atoms with Gasteiger partial charge < -0.3 is 14.5 Å². The van der Waals surface area contributed by atoms with Crippen molar-refractivity contribution in [2.75, 3.05) is 45.2 Å². The van der Waals surface area contributed by atoms with E-state index in [-0.39, 0.29) is 6.10 Å². The molecule has 2 aromatic rings. The molecule has 2 heterocycles. The highest BCUT2D eigenvalue weighted by molar-refractivity contribution is 5.89. The summed E-state index contributed by atoms with van der Waals surface area (Å²) in [6.45, 7) is 5.53. The molecule has 1 saturated heterocycles. The van der Waals surface area contributed by atoms with Gasteiger partial charge in [-0.2, -0.15) is 0 Å². The normalized spacial score (nSPS) is 19.4. The van der Waals surface area contributed by atoms with Crippen LogP contribution in [0.5, 0.6) is 0 Å². The molecule has 112 valence electrons. The van der Waals surface area contributed by atoms with Gasteiger partial charge in [0.25, 0.3) is 0 Å². The molecule has 0 radical (unpaired) electrons. The zero-order valence-electron chi connectivity index (χ0n) is 12.9. The van der Waals surface area contributed by atoms with E-state index in [0.29, 0.717) is 0 Å². The van der Waals surface area contributed by atoms with Crippen molar-refractivity contribution >= 4 is 16.7 Å². The predicted octanol–water partition coefficient (Wildman–Crippen LogP) is 1.71. The third-order valence-electron chi connectivity index (χ3n) is 3.78. The number of nitrogens with zero attached hydrogens (tertiary/aromatic N) is 4. The van der Waals surface area contributed by atoms with Crippen molar-refractivity contribution < 1.29 is 4.74 Å². The van der Waals surface area contributed by atoms with Crippen molar-refractivity contribution in [2.45, 2.75) is 13.0 Å². The molecule has 1 aromatic heterocycles. The molecule has 0 aliphatic carbocycles. The Labute approximate surface area is 125 Å². The van der Waals surface area contributed by atoms with E-state index >= 15 is 0 Å². The molecule has 1 aliphatic rings. The lowest BCUT2D eigenvalue weighted by Gasteiger charge is -2.35. The Balaban J connectivity index is 1.90. The smallest absolute Gasteiger partial charge is 0.140 e. The van der Waals surface area contributed by atoms with E-state index in [9.17, 15) is 0 Å². The first-order chi connectivity index (χ1) is 10.1. The first kappa shape index (κ1) is 14.2. The Hall–Kier alpha value is -1.72. The molecular weight excluding hydrogens is 264 g/mol. The molecule has 0 spiro atoms. The molecule has 5 nitrogen and oxygen atoms in total. The lowest BCUT2D eigenvalue weighted by molar-refractivity contribution is 0.0246. The van der Waals surface area contributed by atoms with Crippen LogP contribution in [0.3, 0.4) is 0 Å². The number of hydrogen-bond acceptors (Lipinski definition) is 5. The monoisotopic (exact) mass is 286 g/mol. The van der Waals surface area contributed by atoms with Crippen molar-refractivity contribution in [1.82, 2.24) is 14.9 Å². The van der Waals surface area contributed by atoms with Crippen molar-refractivity contribution in [3.05, 3.63) is 30.1 Å². The Morgan fingerprint density at radius 3 is 3.00 bits per heavy atom. The summed E-state index contributed by atoms with van der Waals surface area (Å²) in [5.41, 5.74) is 2.23. The van der Waals surface area contributed by atoms with Crippen LogP contribution in [0.25, 0.3) is 10.9 Å². The van der Waals surface area contributed by atoms with Gasteiger partial charge in [0.1, 0.15) is 12.1 Å². The van der Waals surface area contributed by atoms with E-state index in [2.05, 4.69) is 59.0 Å². The SMILES string of the molecule is Cc1ccc2ncnc(N3CCOC(CN(C)C)C3)c2c1. The molecule has 0 N–H and O–H groups in total. The number of hydrogen-bond donors (Lipinski definition) is 0.